The van der Waals surface area contributed by atoms with Gasteiger partial charge in [-0.05, 0) is 56.0 Å². The van der Waals surface area contributed by atoms with Gasteiger partial charge in [0.15, 0.2) is 0 Å². The number of aromatic nitrogens is 2. The first-order valence-corrected chi connectivity index (χ1v) is 6.22. The highest BCUT2D eigenvalue weighted by Crippen LogP contribution is 2.24. The van der Waals surface area contributed by atoms with Crippen LogP contribution >= 0.6 is 24.0 Å². The highest BCUT2D eigenvalue weighted by atomic mass is 32.2. The number of aryl methyl sites for hydroxylation is 1. The van der Waals surface area contributed by atoms with Crippen LogP contribution in [0.15, 0.2) is 23.1 Å². The number of aromatic amines is 1. The average Bonchev–Trinajstić information content (AvgIpc) is 2.57. The van der Waals surface area contributed by atoms with E-state index in [0.29, 0.717) is 11.0 Å². The van der Waals surface area contributed by atoms with Crippen molar-refractivity contribution in [2.24, 2.45) is 0 Å². The Morgan fingerprint density at radius 1 is 1.56 bits per heavy atom. The van der Waals surface area contributed by atoms with Gasteiger partial charge < -0.3 is 9.72 Å². The zero-order chi connectivity index (χ0) is 11.5. The van der Waals surface area contributed by atoms with Gasteiger partial charge >= 0.3 is 0 Å². The lowest BCUT2D eigenvalue weighted by molar-refractivity contribution is 0.346. The van der Waals surface area contributed by atoms with Gasteiger partial charge in [0.25, 0.3) is 0 Å². The van der Waals surface area contributed by atoms with E-state index in [-0.39, 0.29) is 0 Å². The van der Waals surface area contributed by atoms with Crippen LogP contribution in [0.5, 0.6) is 0 Å². The van der Waals surface area contributed by atoms with E-state index in [9.17, 15) is 0 Å². The number of thiocarbonyl (C=S) groups is 1. The SMILES string of the molecule is CCOC(=S)Sc1ccc2nc(C)[nH]c2c1. The van der Waals surface area contributed by atoms with E-state index in [4.69, 9.17) is 17.0 Å². The maximum atomic E-state index is 5.23. The minimum atomic E-state index is 0.554. The molecule has 0 fully saturated rings. The lowest BCUT2D eigenvalue weighted by atomic mass is 10.3. The van der Waals surface area contributed by atoms with Crippen molar-refractivity contribution >= 4 is 39.4 Å². The molecule has 0 unspecified atom stereocenters. The topological polar surface area (TPSA) is 37.9 Å². The predicted molar refractivity (Wildman–Crippen MR) is 70.9 cm³/mol. The van der Waals surface area contributed by atoms with Crippen molar-refractivity contribution in [1.82, 2.24) is 9.97 Å². The van der Waals surface area contributed by atoms with Gasteiger partial charge in [-0.15, -0.1) is 0 Å². The molecule has 1 aromatic carbocycles. The molecule has 0 amide bonds. The summed E-state index contributed by atoms with van der Waals surface area (Å²) in [6, 6.07) is 6.01. The van der Waals surface area contributed by atoms with Gasteiger partial charge in [0.2, 0.25) is 4.38 Å². The first kappa shape index (κ1) is 11.4. The van der Waals surface area contributed by atoms with Gasteiger partial charge in [-0.3, -0.25) is 0 Å². The first-order chi connectivity index (χ1) is 7.69. The maximum Gasteiger partial charge on any atom is 0.224 e. The van der Waals surface area contributed by atoms with E-state index in [1.165, 1.54) is 11.8 Å². The normalized spacial score (nSPS) is 10.6. The molecule has 0 atom stereocenters. The molecular formula is C11H12N2OS2. The largest absolute Gasteiger partial charge is 0.479 e. The van der Waals surface area contributed by atoms with Crippen LogP contribution in [0.3, 0.4) is 0 Å². The Morgan fingerprint density at radius 3 is 3.12 bits per heavy atom. The third-order valence-electron chi connectivity index (χ3n) is 2.04. The summed E-state index contributed by atoms with van der Waals surface area (Å²) in [7, 11) is 0. The maximum absolute atomic E-state index is 5.23. The Bertz CT molecular complexity index is 522. The summed E-state index contributed by atoms with van der Waals surface area (Å²) in [6.07, 6.45) is 0. The third-order valence-corrected chi connectivity index (χ3v) is 3.18. The highest BCUT2D eigenvalue weighted by Gasteiger charge is 2.04. The van der Waals surface area contributed by atoms with Crippen molar-refractivity contribution in [2.45, 2.75) is 18.7 Å². The number of benzene rings is 1. The number of thioether (sulfide) groups is 1. The van der Waals surface area contributed by atoms with E-state index < -0.39 is 0 Å². The van der Waals surface area contributed by atoms with Crippen molar-refractivity contribution < 1.29 is 4.74 Å². The number of nitrogens with one attached hydrogen (secondary N) is 1. The lowest BCUT2D eigenvalue weighted by Gasteiger charge is -2.03. The van der Waals surface area contributed by atoms with E-state index >= 15 is 0 Å². The second kappa shape index (κ2) is 4.84. The number of rotatable bonds is 2. The van der Waals surface area contributed by atoms with Crippen molar-refractivity contribution in [2.75, 3.05) is 6.61 Å². The molecule has 84 valence electrons. The summed E-state index contributed by atoms with van der Waals surface area (Å²) in [5.74, 6) is 0.921. The third kappa shape index (κ3) is 2.54. The molecule has 0 bridgehead atoms. The van der Waals surface area contributed by atoms with Crippen molar-refractivity contribution in [3.05, 3.63) is 24.0 Å². The van der Waals surface area contributed by atoms with Gasteiger partial charge in [0.1, 0.15) is 5.82 Å². The Balaban J connectivity index is 2.22. The molecule has 2 rings (SSSR count). The second-order valence-electron chi connectivity index (χ2n) is 3.29. The smallest absolute Gasteiger partial charge is 0.224 e. The standard InChI is InChI=1S/C11H12N2OS2/c1-3-14-11(15)16-8-4-5-9-10(6-8)13-7(2)12-9/h4-6H,3H2,1-2H3,(H,12,13). The number of H-pyrrole nitrogens is 1. The molecule has 0 radical (unpaired) electrons. The lowest BCUT2D eigenvalue weighted by Crippen LogP contribution is -1.94. The van der Waals surface area contributed by atoms with E-state index in [2.05, 4.69) is 9.97 Å². The number of hydrogen-bond acceptors (Lipinski definition) is 4. The fourth-order valence-corrected chi connectivity index (χ4v) is 2.51. The fraction of sp³-hybridized carbons (Fsp3) is 0.273. The van der Waals surface area contributed by atoms with E-state index in [0.717, 1.165) is 21.8 Å². The summed E-state index contributed by atoms with van der Waals surface area (Å²) >= 11 is 6.53. The van der Waals surface area contributed by atoms with Crippen LogP contribution < -0.4 is 0 Å². The first-order valence-electron chi connectivity index (χ1n) is 5.00. The fourth-order valence-electron chi connectivity index (χ4n) is 1.42. The second-order valence-corrected chi connectivity index (χ2v) is 4.96. The Morgan fingerprint density at radius 2 is 2.38 bits per heavy atom. The number of hydrogen-bond donors (Lipinski definition) is 1. The summed E-state index contributed by atoms with van der Waals surface area (Å²) in [5.41, 5.74) is 2.01. The summed E-state index contributed by atoms with van der Waals surface area (Å²) in [4.78, 5) is 8.60. The van der Waals surface area contributed by atoms with Crippen LogP contribution in [-0.2, 0) is 4.74 Å². The summed E-state index contributed by atoms with van der Waals surface area (Å²) in [6.45, 7) is 4.48. The molecule has 1 N–H and O–H groups in total. The van der Waals surface area contributed by atoms with Crippen LogP contribution in [0.4, 0.5) is 0 Å². The van der Waals surface area contributed by atoms with Crippen molar-refractivity contribution in [1.29, 1.82) is 0 Å². The summed E-state index contributed by atoms with van der Waals surface area (Å²) in [5, 5.41) is 0. The Kier molecular flexibility index (Phi) is 3.46. The molecule has 0 aliphatic heterocycles. The monoisotopic (exact) mass is 252 g/mol. The molecule has 0 aliphatic carbocycles. The van der Waals surface area contributed by atoms with Crippen LogP contribution in [0, 0.1) is 6.92 Å². The van der Waals surface area contributed by atoms with Crippen LogP contribution in [0.25, 0.3) is 11.0 Å². The van der Waals surface area contributed by atoms with Gasteiger partial charge in [0, 0.05) is 4.90 Å². The quantitative estimate of drug-likeness (QED) is 0.657. The van der Waals surface area contributed by atoms with Gasteiger partial charge in [-0.1, -0.05) is 0 Å². The molecular weight excluding hydrogens is 240 g/mol. The van der Waals surface area contributed by atoms with Gasteiger partial charge in [-0.25, -0.2) is 4.98 Å². The van der Waals surface area contributed by atoms with E-state index in [1.54, 1.807) is 0 Å². The minimum Gasteiger partial charge on any atom is -0.479 e. The number of ether oxygens (including phenoxy) is 1. The summed E-state index contributed by atoms with van der Waals surface area (Å²) < 4.78 is 5.79. The minimum absolute atomic E-state index is 0.554. The molecule has 0 saturated carbocycles. The molecule has 2 aromatic rings. The molecule has 0 saturated heterocycles. The molecule has 0 spiro atoms. The van der Waals surface area contributed by atoms with Crippen LogP contribution in [0.1, 0.15) is 12.7 Å². The van der Waals surface area contributed by atoms with Crippen LogP contribution in [0.2, 0.25) is 0 Å². The van der Waals surface area contributed by atoms with E-state index in [1.807, 2.05) is 32.0 Å². The van der Waals surface area contributed by atoms with Crippen molar-refractivity contribution in [3.63, 3.8) is 0 Å². The van der Waals surface area contributed by atoms with Crippen LogP contribution in [-0.4, -0.2) is 21.0 Å². The highest BCUT2D eigenvalue weighted by molar-refractivity contribution is 8.22. The van der Waals surface area contributed by atoms with Gasteiger partial charge in [0.05, 0.1) is 17.6 Å². The van der Waals surface area contributed by atoms with Gasteiger partial charge in [-0.2, -0.15) is 0 Å². The Labute approximate surface area is 104 Å². The number of fused-ring (bicyclic) bond motifs is 1. The molecule has 16 heavy (non-hydrogen) atoms. The number of imidazole rings is 1. The molecule has 5 heteroatoms. The Hall–Kier alpha value is -1.07. The molecule has 1 aromatic heterocycles. The molecule has 0 aliphatic rings. The molecule has 1 heterocycles. The zero-order valence-electron chi connectivity index (χ0n) is 9.11. The average molecular weight is 252 g/mol. The number of nitrogens with zero attached hydrogens (tertiary/aromatic N) is 1. The zero-order valence-corrected chi connectivity index (χ0v) is 10.7. The molecule has 3 nitrogen and oxygen atoms in total. The van der Waals surface area contributed by atoms with Crippen molar-refractivity contribution in [3.8, 4) is 0 Å². The predicted octanol–water partition coefficient (Wildman–Crippen LogP) is 3.28.